The van der Waals surface area contributed by atoms with Crippen LogP contribution in [0.2, 0.25) is 0 Å². The Bertz CT molecular complexity index is 380. The van der Waals surface area contributed by atoms with E-state index in [1.54, 1.807) is 4.90 Å². The molecule has 0 atom stereocenters. The van der Waals surface area contributed by atoms with E-state index in [0.29, 0.717) is 38.9 Å². The molecular weight excluding hydrogens is 310 g/mol. The van der Waals surface area contributed by atoms with E-state index in [1.165, 1.54) is 13.8 Å². The SMILES string of the molecule is CC(C)(OC(=O)CN(CCCOC=O)CCCOC=O)C(=O)O. The highest BCUT2D eigenvalue weighted by Crippen LogP contribution is 2.10. The highest BCUT2D eigenvalue weighted by molar-refractivity contribution is 5.81. The van der Waals surface area contributed by atoms with Crippen molar-refractivity contribution in [2.45, 2.75) is 32.3 Å². The van der Waals surface area contributed by atoms with Crippen LogP contribution in [0.25, 0.3) is 0 Å². The predicted octanol–water partition coefficient (Wildman–Crippen LogP) is -0.179. The molecule has 0 aliphatic rings. The van der Waals surface area contributed by atoms with Gasteiger partial charge in [0.15, 0.2) is 0 Å². The fraction of sp³-hybridized carbons (Fsp3) is 0.714. The first-order chi connectivity index (χ1) is 10.8. The van der Waals surface area contributed by atoms with Crippen molar-refractivity contribution in [2.75, 3.05) is 32.8 Å². The molecule has 0 aromatic heterocycles. The number of esters is 1. The molecule has 0 saturated carbocycles. The lowest BCUT2D eigenvalue weighted by molar-refractivity contribution is -0.175. The molecule has 0 fully saturated rings. The van der Waals surface area contributed by atoms with Crippen LogP contribution >= 0.6 is 0 Å². The number of carbonyl (C=O) groups is 4. The molecule has 1 N–H and O–H groups in total. The molecule has 23 heavy (non-hydrogen) atoms. The summed E-state index contributed by atoms with van der Waals surface area (Å²) in [5.74, 6) is -1.92. The van der Waals surface area contributed by atoms with Crippen LogP contribution in [0.1, 0.15) is 26.7 Å². The van der Waals surface area contributed by atoms with E-state index < -0.39 is 17.5 Å². The number of hydrogen-bond donors (Lipinski definition) is 1. The third kappa shape index (κ3) is 10.2. The molecule has 0 heterocycles. The molecule has 0 aromatic carbocycles. The fourth-order valence-corrected chi connectivity index (χ4v) is 1.65. The molecule has 0 radical (unpaired) electrons. The summed E-state index contributed by atoms with van der Waals surface area (Å²) in [6, 6.07) is 0. The molecule has 0 aliphatic heterocycles. The average Bonchev–Trinajstić information content (AvgIpc) is 2.46. The van der Waals surface area contributed by atoms with Crippen molar-refractivity contribution in [3.63, 3.8) is 0 Å². The van der Waals surface area contributed by atoms with E-state index >= 15 is 0 Å². The Morgan fingerprint density at radius 3 is 1.91 bits per heavy atom. The minimum atomic E-state index is -1.61. The number of carboxylic acid groups (broad SMARTS) is 1. The second-order valence-electron chi connectivity index (χ2n) is 5.21. The van der Waals surface area contributed by atoms with Gasteiger partial charge in [-0.05, 0) is 26.7 Å². The van der Waals surface area contributed by atoms with Gasteiger partial charge in [-0.1, -0.05) is 0 Å². The molecule has 9 heteroatoms. The quantitative estimate of drug-likeness (QED) is 0.200. The maximum absolute atomic E-state index is 11.8. The molecule has 0 aromatic rings. The summed E-state index contributed by atoms with van der Waals surface area (Å²) in [6.07, 6.45) is 1.01. The van der Waals surface area contributed by atoms with Crippen molar-refractivity contribution in [1.82, 2.24) is 4.90 Å². The number of carboxylic acids is 1. The first-order valence-electron chi connectivity index (χ1n) is 7.11. The minimum absolute atomic E-state index is 0.112. The number of hydrogen-bond acceptors (Lipinski definition) is 8. The standard InChI is InChI=1S/C14H23NO8/c1-14(2,13(19)20)23-12(18)9-15(5-3-7-21-10-16)6-4-8-22-11-17/h10-11H,3-9H2,1-2H3,(H,19,20). The largest absolute Gasteiger partial charge is 0.478 e. The van der Waals surface area contributed by atoms with E-state index in [4.69, 9.17) is 9.84 Å². The van der Waals surface area contributed by atoms with Gasteiger partial charge in [0.25, 0.3) is 12.9 Å². The van der Waals surface area contributed by atoms with E-state index in [2.05, 4.69) is 9.47 Å². The van der Waals surface area contributed by atoms with Crippen molar-refractivity contribution in [3.8, 4) is 0 Å². The van der Waals surface area contributed by atoms with Crippen LogP contribution in [0.5, 0.6) is 0 Å². The van der Waals surface area contributed by atoms with E-state index in [9.17, 15) is 19.2 Å². The van der Waals surface area contributed by atoms with Crippen LogP contribution in [0, 0.1) is 0 Å². The van der Waals surface area contributed by atoms with E-state index in [-0.39, 0.29) is 19.8 Å². The van der Waals surface area contributed by atoms with Gasteiger partial charge in [0, 0.05) is 13.1 Å². The van der Waals surface area contributed by atoms with Crippen molar-refractivity contribution >= 4 is 24.9 Å². The molecule has 132 valence electrons. The fourth-order valence-electron chi connectivity index (χ4n) is 1.65. The Labute approximate surface area is 134 Å². The zero-order valence-electron chi connectivity index (χ0n) is 13.4. The minimum Gasteiger partial charge on any atom is -0.478 e. The maximum atomic E-state index is 11.8. The number of ether oxygens (including phenoxy) is 3. The highest BCUT2D eigenvalue weighted by Gasteiger charge is 2.32. The summed E-state index contributed by atoms with van der Waals surface area (Å²) in [5, 5.41) is 8.94. The summed E-state index contributed by atoms with van der Waals surface area (Å²) in [4.78, 5) is 44.7. The third-order valence-electron chi connectivity index (χ3n) is 2.85. The predicted molar refractivity (Wildman–Crippen MR) is 77.5 cm³/mol. The number of rotatable bonds is 14. The molecule has 0 rings (SSSR count). The normalized spacial score (nSPS) is 10.9. The average molecular weight is 333 g/mol. The van der Waals surface area contributed by atoms with E-state index in [1.807, 2.05) is 0 Å². The molecule has 0 bridgehead atoms. The van der Waals surface area contributed by atoms with Crippen LogP contribution in [0.3, 0.4) is 0 Å². The Balaban J connectivity index is 4.40. The van der Waals surface area contributed by atoms with Gasteiger partial charge < -0.3 is 19.3 Å². The summed E-state index contributed by atoms with van der Waals surface area (Å²) < 4.78 is 14.1. The maximum Gasteiger partial charge on any atom is 0.347 e. The molecule has 9 nitrogen and oxygen atoms in total. The lowest BCUT2D eigenvalue weighted by Crippen LogP contribution is -2.41. The summed E-state index contributed by atoms with van der Waals surface area (Å²) in [7, 11) is 0. The molecule has 0 spiro atoms. The molecule has 0 aliphatic carbocycles. The van der Waals surface area contributed by atoms with Crippen molar-refractivity contribution < 1.29 is 38.5 Å². The number of aliphatic carboxylic acids is 1. The zero-order valence-corrected chi connectivity index (χ0v) is 13.4. The van der Waals surface area contributed by atoms with Gasteiger partial charge in [0.05, 0.1) is 19.8 Å². The summed E-state index contributed by atoms with van der Waals surface area (Å²) >= 11 is 0. The topological polar surface area (TPSA) is 119 Å². The Kier molecular flexibility index (Phi) is 10.3. The lowest BCUT2D eigenvalue weighted by atomic mass is 10.1. The second kappa shape index (κ2) is 11.4. The van der Waals surface area contributed by atoms with Crippen LogP contribution in [-0.4, -0.2) is 73.3 Å². The van der Waals surface area contributed by atoms with Gasteiger partial charge >= 0.3 is 11.9 Å². The smallest absolute Gasteiger partial charge is 0.347 e. The van der Waals surface area contributed by atoms with Crippen LogP contribution in [-0.2, 0) is 33.4 Å². The molecule has 0 saturated heterocycles. The van der Waals surface area contributed by atoms with Gasteiger partial charge in [-0.15, -0.1) is 0 Å². The molecule has 0 unspecified atom stereocenters. The number of nitrogens with zero attached hydrogens (tertiary/aromatic N) is 1. The van der Waals surface area contributed by atoms with Crippen molar-refractivity contribution in [1.29, 1.82) is 0 Å². The number of carbonyl (C=O) groups excluding carboxylic acids is 3. The van der Waals surface area contributed by atoms with Gasteiger partial charge in [-0.2, -0.15) is 0 Å². The Morgan fingerprint density at radius 1 is 1.04 bits per heavy atom. The zero-order chi connectivity index (χ0) is 17.7. The lowest BCUT2D eigenvalue weighted by Gasteiger charge is -2.24. The summed E-state index contributed by atoms with van der Waals surface area (Å²) in [5.41, 5.74) is -1.61. The van der Waals surface area contributed by atoms with Crippen LogP contribution in [0.4, 0.5) is 0 Å². The summed E-state index contributed by atoms with van der Waals surface area (Å²) in [6.45, 7) is 4.44. The van der Waals surface area contributed by atoms with Crippen LogP contribution < -0.4 is 0 Å². The van der Waals surface area contributed by atoms with Gasteiger partial charge in [-0.25, -0.2) is 4.79 Å². The third-order valence-corrected chi connectivity index (χ3v) is 2.85. The van der Waals surface area contributed by atoms with Gasteiger partial charge in [0.1, 0.15) is 0 Å². The van der Waals surface area contributed by atoms with Gasteiger partial charge in [0.2, 0.25) is 5.60 Å². The molecule has 0 amide bonds. The Hall–Kier alpha value is -2.16. The van der Waals surface area contributed by atoms with Crippen molar-refractivity contribution in [3.05, 3.63) is 0 Å². The highest BCUT2D eigenvalue weighted by atomic mass is 16.6. The second-order valence-corrected chi connectivity index (χ2v) is 5.21. The van der Waals surface area contributed by atoms with Crippen molar-refractivity contribution in [2.24, 2.45) is 0 Å². The van der Waals surface area contributed by atoms with Crippen LogP contribution in [0.15, 0.2) is 0 Å². The first kappa shape index (κ1) is 20.8. The molecular formula is C14H23NO8. The Morgan fingerprint density at radius 2 is 1.52 bits per heavy atom. The monoisotopic (exact) mass is 333 g/mol. The van der Waals surface area contributed by atoms with E-state index in [0.717, 1.165) is 0 Å². The van der Waals surface area contributed by atoms with Gasteiger partial charge in [-0.3, -0.25) is 19.3 Å². The first-order valence-corrected chi connectivity index (χ1v) is 7.11.